The van der Waals surface area contributed by atoms with Gasteiger partial charge < -0.3 is 15.0 Å². The number of ether oxygens (including phenoxy) is 1. The van der Waals surface area contributed by atoms with Crippen molar-refractivity contribution in [2.45, 2.75) is 44.6 Å². The van der Waals surface area contributed by atoms with Crippen LogP contribution in [0, 0.1) is 0 Å². The second-order valence-electron chi connectivity index (χ2n) is 8.29. The van der Waals surface area contributed by atoms with Crippen molar-refractivity contribution < 1.29 is 9.53 Å². The predicted molar refractivity (Wildman–Crippen MR) is 120 cm³/mol. The largest absolute Gasteiger partial charge is 0.497 e. The van der Waals surface area contributed by atoms with Crippen LogP contribution in [-0.2, 0) is 6.42 Å². The number of fused-ring (bicyclic) bond motifs is 2. The van der Waals surface area contributed by atoms with Crippen LogP contribution in [0.15, 0.2) is 48.5 Å². The van der Waals surface area contributed by atoms with Crippen molar-refractivity contribution in [1.82, 2.24) is 10.3 Å². The number of amides is 1. The fourth-order valence-electron chi connectivity index (χ4n) is 4.62. The zero-order valence-electron chi connectivity index (χ0n) is 17.4. The van der Waals surface area contributed by atoms with Crippen molar-refractivity contribution in [2.75, 3.05) is 18.6 Å². The standard InChI is InChI=1S/C25H27N3O2/c1-30-22-12-9-18-15-19-13-14-28(24(19)27-23(18)16-22)21-10-7-17(8-11-21)25(29)26-20-5-3-2-4-6-20/h7-12,15-16,20H,2-6,13-14H2,1H3,(H,26,29). The fraction of sp³-hybridized carbons (Fsp3) is 0.360. The minimum atomic E-state index is 0.0338. The lowest BCUT2D eigenvalue weighted by Gasteiger charge is -2.23. The van der Waals surface area contributed by atoms with E-state index in [4.69, 9.17) is 9.72 Å². The van der Waals surface area contributed by atoms with Crippen molar-refractivity contribution in [1.29, 1.82) is 0 Å². The van der Waals surface area contributed by atoms with E-state index < -0.39 is 0 Å². The molecule has 1 aromatic heterocycles. The summed E-state index contributed by atoms with van der Waals surface area (Å²) in [6.45, 7) is 0.892. The first-order valence-corrected chi connectivity index (χ1v) is 10.9. The first-order chi connectivity index (χ1) is 14.7. The highest BCUT2D eigenvalue weighted by Gasteiger charge is 2.23. The topological polar surface area (TPSA) is 54.5 Å². The zero-order valence-corrected chi connectivity index (χ0v) is 17.4. The Balaban J connectivity index is 1.36. The molecule has 1 aliphatic carbocycles. The van der Waals surface area contributed by atoms with Gasteiger partial charge >= 0.3 is 0 Å². The van der Waals surface area contributed by atoms with E-state index in [1.54, 1.807) is 7.11 Å². The van der Waals surface area contributed by atoms with E-state index >= 15 is 0 Å². The third-order valence-corrected chi connectivity index (χ3v) is 6.32. The molecule has 1 N–H and O–H groups in total. The van der Waals surface area contributed by atoms with Gasteiger partial charge in [-0.2, -0.15) is 0 Å². The molecule has 5 nitrogen and oxygen atoms in total. The number of rotatable bonds is 4. The van der Waals surface area contributed by atoms with Gasteiger partial charge in [0.1, 0.15) is 11.6 Å². The Morgan fingerprint density at radius 1 is 1.07 bits per heavy atom. The van der Waals surface area contributed by atoms with Gasteiger partial charge in [0, 0.05) is 35.3 Å². The summed E-state index contributed by atoms with van der Waals surface area (Å²) in [7, 11) is 1.67. The van der Waals surface area contributed by atoms with Crippen LogP contribution in [0.25, 0.3) is 10.9 Å². The second-order valence-corrected chi connectivity index (χ2v) is 8.29. The molecule has 0 spiro atoms. The van der Waals surface area contributed by atoms with E-state index in [0.717, 1.165) is 59.5 Å². The van der Waals surface area contributed by atoms with Crippen LogP contribution < -0.4 is 15.0 Å². The van der Waals surface area contributed by atoms with Crippen LogP contribution in [0.2, 0.25) is 0 Å². The number of nitrogens with one attached hydrogen (secondary N) is 1. The van der Waals surface area contributed by atoms with Crippen LogP contribution in [0.4, 0.5) is 11.5 Å². The van der Waals surface area contributed by atoms with Gasteiger partial charge in [-0.3, -0.25) is 4.79 Å². The van der Waals surface area contributed by atoms with Crippen molar-refractivity contribution in [3.8, 4) is 5.75 Å². The smallest absolute Gasteiger partial charge is 0.251 e. The van der Waals surface area contributed by atoms with Gasteiger partial charge in [0.05, 0.1) is 12.6 Å². The van der Waals surface area contributed by atoms with E-state index in [2.05, 4.69) is 22.3 Å². The van der Waals surface area contributed by atoms with Crippen LogP contribution in [0.1, 0.15) is 48.0 Å². The van der Waals surface area contributed by atoms with Gasteiger partial charge in [0.25, 0.3) is 5.91 Å². The lowest BCUT2D eigenvalue weighted by molar-refractivity contribution is 0.0927. The minimum absolute atomic E-state index is 0.0338. The van der Waals surface area contributed by atoms with Crippen LogP contribution in [0.3, 0.4) is 0 Å². The number of methoxy groups -OCH3 is 1. The number of hydrogen-bond acceptors (Lipinski definition) is 4. The highest BCUT2D eigenvalue weighted by Crippen LogP contribution is 2.35. The minimum Gasteiger partial charge on any atom is -0.497 e. The number of hydrogen-bond donors (Lipinski definition) is 1. The quantitative estimate of drug-likeness (QED) is 0.668. The van der Waals surface area contributed by atoms with Gasteiger partial charge in [0.15, 0.2) is 0 Å². The molecule has 0 atom stereocenters. The molecule has 0 saturated heterocycles. The third kappa shape index (κ3) is 3.60. The lowest BCUT2D eigenvalue weighted by atomic mass is 9.95. The van der Waals surface area contributed by atoms with Crippen LogP contribution in [-0.4, -0.2) is 30.6 Å². The summed E-state index contributed by atoms with van der Waals surface area (Å²) in [4.78, 5) is 19.8. The SMILES string of the molecule is COc1ccc2cc3c(nc2c1)N(c1ccc(C(=O)NC2CCCCC2)cc1)CC3. The molecule has 154 valence electrons. The van der Waals surface area contributed by atoms with Crippen molar-refractivity contribution in [2.24, 2.45) is 0 Å². The average molecular weight is 402 g/mol. The van der Waals surface area contributed by atoms with Gasteiger partial charge in [0.2, 0.25) is 0 Å². The Morgan fingerprint density at radius 2 is 1.87 bits per heavy atom. The van der Waals surface area contributed by atoms with Crippen molar-refractivity contribution in [3.05, 3.63) is 59.7 Å². The first kappa shape index (κ1) is 18.9. The molecule has 0 bridgehead atoms. The molecule has 3 aromatic rings. The van der Waals surface area contributed by atoms with Gasteiger partial charge in [-0.25, -0.2) is 4.98 Å². The number of carbonyl (C=O) groups is 1. The van der Waals surface area contributed by atoms with Gasteiger partial charge in [-0.05, 0) is 67.3 Å². The van der Waals surface area contributed by atoms with Crippen LogP contribution in [0.5, 0.6) is 5.75 Å². The summed E-state index contributed by atoms with van der Waals surface area (Å²) in [6, 6.07) is 16.5. The molecule has 1 amide bonds. The molecule has 2 aliphatic rings. The Hall–Kier alpha value is -3.08. The summed E-state index contributed by atoms with van der Waals surface area (Å²) in [5.41, 5.74) is 3.98. The molecule has 30 heavy (non-hydrogen) atoms. The first-order valence-electron chi connectivity index (χ1n) is 10.9. The Morgan fingerprint density at radius 3 is 2.63 bits per heavy atom. The molecule has 0 unspecified atom stereocenters. The Bertz CT molecular complexity index is 1070. The summed E-state index contributed by atoms with van der Waals surface area (Å²) < 4.78 is 5.35. The average Bonchev–Trinajstić information content (AvgIpc) is 3.20. The van der Waals surface area contributed by atoms with Crippen molar-refractivity contribution in [3.63, 3.8) is 0 Å². The van der Waals surface area contributed by atoms with Crippen LogP contribution >= 0.6 is 0 Å². The molecule has 5 rings (SSSR count). The highest BCUT2D eigenvalue weighted by molar-refractivity contribution is 5.95. The number of nitrogens with zero attached hydrogens (tertiary/aromatic N) is 2. The molecular weight excluding hydrogens is 374 g/mol. The third-order valence-electron chi connectivity index (χ3n) is 6.32. The zero-order chi connectivity index (χ0) is 20.5. The van der Waals surface area contributed by atoms with Gasteiger partial charge in [-0.1, -0.05) is 19.3 Å². The number of pyridine rings is 1. The maximum Gasteiger partial charge on any atom is 0.251 e. The van der Waals surface area contributed by atoms with E-state index in [0.29, 0.717) is 6.04 Å². The Kier molecular flexibility index (Phi) is 5.03. The number of carbonyl (C=O) groups excluding carboxylic acids is 1. The normalized spacial score (nSPS) is 16.5. The number of anilines is 2. The molecule has 1 aliphatic heterocycles. The second kappa shape index (κ2) is 7.98. The van der Waals surface area contributed by atoms with Crippen molar-refractivity contribution >= 4 is 28.3 Å². The fourth-order valence-corrected chi connectivity index (χ4v) is 4.62. The molecule has 0 radical (unpaired) electrons. The molecule has 2 heterocycles. The number of aromatic nitrogens is 1. The highest BCUT2D eigenvalue weighted by atomic mass is 16.5. The maximum atomic E-state index is 12.6. The summed E-state index contributed by atoms with van der Waals surface area (Å²) >= 11 is 0. The summed E-state index contributed by atoms with van der Waals surface area (Å²) in [5, 5.41) is 4.32. The monoisotopic (exact) mass is 401 g/mol. The van der Waals surface area contributed by atoms with E-state index in [-0.39, 0.29) is 5.91 Å². The number of benzene rings is 2. The summed E-state index contributed by atoms with van der Waals surface area (Å²) in [5.74, 6) is 1.84. The maximum absolute atomic E-state index is 12.6. The molecule has 1 fully saturated rings. The lowest BCUT2D eigenvalue weighted by Crippen LogP contribution is -2.36. The molecule has 2 aromatic carbocycles. The van der Waals surface area contributed by atoms with E-state index in [1.165, 1.54) is 24.8 Å². The Labute approximate surface area is 177 Å². The van der Waals surface area contributed by atoms with Gasteiger partial charge in [-0.15, -0.1) is 0 Å². The predicted octanol–water partition coefficient (Wildman–Crippen LogP) is 5.00. The molecular formula is C25H27N3O2. The molecule has 1 saturated carbocycles. The van der Waals surface area contributed by atoms with E-state index in [9.17, 15) is 4.79 Å². The van der Waals surface area contributed by atoms with E-state index in [1.807, 2.05) is 36.4 Å². The molecule has 5 heteroatoms. The summed E-state index contributed by atoms with van der Waals surface area (Å²) in [6.07, 6.45) is 6.87.